The van der Waals surface area contributed by atoms with Gasteiger partial charge in [0, 0.05) is 13.1 Å². The summed E-state index contributed by atoms with van der Waals surface area (Å²) < 4.78 is 20.3. The van der Waals surface area contributed by atoms with Crippen LogP contribution in [0.4, 0.5) is 15.8 Å². The number of halogens is 1. The summed E-state index contributed by atoms with van der Waals surface area (Å²) in [6.45, 7) is 2.94. The number of nitrogens with zero attached hydrogens (tertiary/aromatic N) is 3. The Bertz CT molecular complexity index is 1230. The summed E-state index contributed by atoms with van der Waals surface area (Å²) in [5.74, 6) is -0.438. The van der Waals surface area contributed by atoms with Crippen LogP contribution in [0.25, 0.3) is 6.08 Å². The normalized spacial score (nSPS) is 18.8. The van der Waals surface area contributed by atoms with Crippen LogP contribution in [0.2, 0.25) is 0 Å². The maximum atomic E-state index is 14.9. The molecule has 2 fully saturated rings. The Morgan fingerprint density at radius 2 is 1.68 bits per heavy atom. The van der Waals surface area contributed by atoms with Gasteiger partial charge in [0.25, 0.3) is 5.91 Å². The van der Waals surface area contributed by atoms with Crippen LogP contribution in [0, 0.1) is 5.82 Å². The fourth-order valence-corrected chi connectivity index (χ4v) is 4.93. The van der Waals surface area contributed by atoms with E-state index >= 15 is 0 Å². The van der Waals surface area contributed by atoms with Gasteiger partial charge in [-0.05, 0) is 53.2 Å². The highest BCUT2D eigenvalue weighted by molar-refractivity contribution is 8.18. The lowest BCUT2D eigenvalue weighted by Crippen LogP contribution is -2.36. The molecular weight excluding hydrogens is 449 g/mol. The van der Waals surface area contributed by atoms with Gasteiger partial charge in [0.05, 0.1) is 36.0 Å². The van der Waals surface area contributed by atoms with Gasteiger partial charge >= 0.3 is 0 Å². The molecule has 0 unspecified atom stereocenters. The summed E-state index contributed by atoms with van der Waals surface area (Å²) >= 11 is 1.31. The van der Waals surface area contributed by atoms with E-state index in [-0.39, 0.29) is 11.7 Å². The number of thioether (sulfide) groups is 1. The third kappa shape index (κ3) is 5.05. The largest absolute Gasteiger partial charge is 0.378 e. The molecule has 2 heterocycles. The number of ether oxygens (including phenoxy) is 1. The molecular formula is C27H24FN3O2S. The molecule has 0 N–H and O–H groups in total. The smallest absolute Gasteiger partial charge is 0.267 e. The van der Waals surface area contributed by atoms with E-state index in [0.717, 1.165) is 11.3 Å². The van der Waals surface area contributed by atoms with Gasteiger partial charge in [0.1, 0.15) is 5.82 Å². The number of benzene rings is 3. The van der Waals surface area contributed by atoms with Crippen LogP contribution in [0.15, 0.2) is 88.8 Å². The zero-order valence-corrected chi connectivity index (χ0v) is 19.4. The SMILES string of the molecule is O=C1/C(=C/c2ccc(N3CCOCC3)c(F)c2)SC(=Nc2ccccc2)N1Cc1ccccc1. The molecule has 2 aliphatic rings. The molecule has 172 valence electrons. The first kappa shape index (κ1) is 22.4. The number of rotatable bonds is 5. The van der Waals surface area contributed by atoms with Crippen LogP contribution in [0.1, 0.15) is 11.1 Å². The van der Waals surface area contributed by atoms with E-state index in [4.69, 9.17) is 9.73 Å². The highest BCUT2D eigenvalue weighted by atomic mass is 32.2. The van der Waals surface area contributed by atoms with Gasteiger partial charge in [-0.15, -0.1) is 0 Å². The Balaban J connectivity index is 1.44. The summed E-state index contributed by atoms with van der Waals surface area (Å²) in [6, 6.07) is 24.5. The minimum Gasteiger partial charge on any atom is -0.378 e. The van der Waals surface area contributed by atoms with Gasteiger partial charge in [-0.2, -0.15) is 0 Å². The fraction of sp³-hybridized carbons (Fsp3) is 0.185. The molecule has 2 aliphatic heterocycles. The number of carbonyl (C=O) groups is 1. The molecule has 0 radical (unpaired) electrons. The Morgan fingerprint density at radius 3 is 2.38 bits per heavy atom. The zero-order valence-electron chi connectivity index (χ0n) is 18.6. The molecule has 1 amide bonds. The Labute approximate surface area is 202 Å². The number of hydrogen-bond donors (Lipinski definition) is 0. The maximum absolute atomic E-state index is 14.9. The highest BCUT2D eigenvalue weighted by Gasteiger charge is 2.33. The van der Waals surface area contributed by atoms with Crippen molar-refractivity contribution in [3.05, 3.63) is 101 Å². The van der Waals surface area contributed by atoms with E-state index < -0.39 is 0 Å². The Morgan fingerprint density at radius 1 is 0.971 bits per heavy atom. The second-order valence-electron chi connectivity index (χ2n) is 8.03. The van der Waals surface area contributed by atoms with Crippen LogP contribution < -0.4 is 4.90 Å². The third-order valence-corrected chi connectivity index (χ3v) is 6.68. The highest BCUT2D eigenvalue weighted by Crippen LogP contribution is 2.35. The standard InChI is InChI=1S/C27H24FN3O2S/c28-23-17-21(11-12-24(23)30-13-15-33-16-14-30)18-25-26(32)31(19-20-7-3-1-4-8-20)27(34-25)29-22-9-5-2-6-10-22/h1-12,17-18H,13-16,19H2/b25-18-,29-27?. The Kier molecular flexibility index (Phi) is 6.74. The van der Waals surface area contributed by atoms with Gasteiger partial charge in [-0.1, -0.05) is 54.6 Å². The second kappa shape index (κ2) is 10.2. The van der Waals surface area contributed by atoms with E-state index in [1.165, 1.54) is 17.8 Å². The summed E-state index contributed by atoms with van der Waals surface area (Å²) in [4.78, 5) is 22.3. The van der Waals surface area contributed by atoms with Crippen molar-refractivity contribution in [1.29, 1.82) is 0 Å². The first-order valence-corrected chi connectivity index (χ1v) is 12.0. The predicted octanol–water partition coefficient (Wildman–Crippen LogP) is 5.47. The molecule has 0 bridgehead atoms. The maximum Gasteiger partial charge on any atom is 0.267 e. The molecule has 0 spiro atoms. The zero-order chi connectivity index (χ0) is 23.3. The molecule has 3 aromatic rings. The van der Waals surface area contributed by atoms with Crippen molar-refractivity contribution in [1.82, 2.24) is 4.90 Å². The van der Waals surface area contributed by atoms with Crippen molar-refractivity contribution in [2.45, 2.75) is 6.54 Å². The molecule has 34 heavy (non-hydrogen) atoms. The van der Waals surface area contributed by atoms with Gasteiger partial charge in [0.2, 0.25) is 0 Å². The van der Waals surface area contributed by atoms with Crippen LogP contribution in [0.5, 0.6) is 0 Å². The topological polar surface area (TPSA) is 45.1 Å². The first-order valence-electron chi connectivity index (χ1n) is 11.2. The van der Waals surface area contributed by atoms with Crippen LogP contribution in [0.3, 0.4) is 0 Å². The monoisotopic (exact) mass is 473 g/mol. The summed E-state index contributed by atoms with van der Waals surface area (Å²) in [5.41, 5.74) is 3.00. The van der Waals surface area contributed by atoms with Crippen molar-refractivity contribution in [3.8, 4) is 0 Å². The van der Waals surface area contributed by atoms with E-state index in [1.54, 1.807) is 17.0 Å². The summed E-state index contributed by atoms with van der Waals surface area (Å²) in [5, 5.41) is 0.608. The Hall–Kier alpha value is -3.42. The average Bonchev–Trinajstić information content (AvgIpc) is 3.15. The van der Waals surface area contributed by atoms with Crippen molar-refractivity contribution in [3.63, 3.8) is 0 Å². The molecule has 0 aromatic heterocycles. The van der Waals surface area contributed by atoms with Gasteiger partial charge < -0.3 is 9.64 Å². The first-order chi connectivity index (χ1) is 16.7. The van der Waals surface area contributed by atoms with Crippen molar-refractivity contribution in [2.24, 2.45) is 4.99 Å². The quantitative estimate of drug-likeness (QED) is 0.461. The lowest BCUT2D eigenvalue weighted by atomic mass is 10.1. The molecule has 0 saturated carbocycles. The molecule has 5 rings (SSSR count). The number of aliphatic imine (C=N–C) groups is 1. The molecule has 5 nitrogen and oxygen atoms in total. The van der Waals surface area contributed by atoms with E-state index in [0.29, 0.717) is 54.2 Å². The number of amidine groups is 1. The minimum absolute atomic E-state index is 0.138. The summed E-state index contributed by atoms with van der Waals surface area (Å²) in [6.07, 6.45) is 1.74. The number of morpholine rings is 1. The van der Waals surface area contributed by atoms with E-state index in [1.807, 2.05) is 71.6 Å². The molecule has 2 saturated heterocycles. The second-order valence-corrected chi connectivity index (χ2v) is 9.04. The number of para-hydroxylation sites is 1. The number of carbonyl (C=O) groups excluding carboxylic acids is 1. The van der Waals surface area contributed by atoms with Crippen LogP contribution >= 0.6 is 11.8 Å². The summed E-state index contributed by atoms with van der Waals surface area (Å²) in [7, 11) is 0. The fourth-order valence-electron chi connectivity index (χ4n) is 3.93. The van der Waals surface area contributed by atoms with Gasteiger partial charge in [0.15, 0.2) is 5.17 Å². The molecule has 0 atom stereocenters. The number of anilines is 1. The van der Waals surface area contributed by atoms with Crippen molar-refractivity contribution in [2.75, 3.05) is 31.2 Å². The lowest BCUT2D eigenvalue weighted by Gasteiger charge is -2.29. The van der Waals surface area contributed by atoms with Crippen LogP contribution in [-0.2, 0) is 16.1 Å². The average molecular weight is 474 g/mol. The lowest BCUT2D eigenvalue weighted by molar-refractivity contribution is -0.122. The van der Waals surface area contributed by atoms with E-state index in [9.17, 15) is 9.18 Å². The minimum atomic E-state index is -0.300. The van der Waals surface area contributed by atoms with Gasteiger partial charge in [-0.3, -0.25) is 9.69 Å². The predicted molar refractivity (Wildman–Crippen MR) is 136 cm³/mol. The number of hydrogen-bond acceptors (Lipinski definition) is 5. The molecule has 3 aromatic carbocycles. The van der Waals surface area contributed by atoms with Crippen molar-refractivity contribution >= 4 is 40.3 Å². The number of amides is 1. The molecule has 0 aliphatic carbocycles. The van der Waals surface area contributed by atoms with Gasteiger partial charge in [-0.25, -0.2) is 9.38 Å². The van der Waals surface area contributed by atoms with Crippen molar-refractivity contribution < 1.29 is 13.9 Å². The van der Waals surface area contributed by atoms with E-state index in [2.05, 4.69) is 0 Å². The molecule has 7 heteroatoms. The van der Waals surface area contributed by atoms with Crippen LogP contribution in [-0.4, -0.2) is 42.3 Å². The third-order valence-electron chi connectivity index (χ3n) is 5.67.